The molecule has 1 aromatic carbocycles. The van der Waals surface area contributed by atoms with Crippen molar-refractivity contribution in [3.63, 3.8) is 0 Å². The topological polar surface area (TPSA) is 52.6 Å². The summed E-state index contributed by atoms with van der Waals surface area (Å²) in [6, 6.07) is 6.55. The van der Waals surface area contributed by atoms with Crippen molar-refractivity contribution < 1.29 is 19.1 Å². The van der Waals surface area contributed by atoms with Crippen molar-refractivity contribution in [3.05, 3.63) is 35.4 Å². The first-order valence-corrected chi connectivity index (χ1v) is 8.60. The molecule has 0 saturated carbocycles. The van der Waals surface area contributed by atoms with Crippen LogP contribution in [0.1, 0.15) is 80.0 Å². The number of carbonyl (C=O) groups is 2. The summed E-state index contributed by atoms with van der Waals surface area (Å²) in [7, 11) is 0. The maximum atomic E-state index is 12.3. The van der Waals surface area contributed by atoms with Gasteiger partial charge in [-0.2, -0.15) is 0 Å². The SMILES string of the molecule is CCCCOC(=O)c1cccc(C(=O)OC(CCC)CCC)c1. The van der Waals surface area contributed by atoms with Crippen LogP contribution in [0.4, 0.5) is 0 Å². The molecule has 0 saturated heterocycles. The summed E-state index contributed by atoms with van der Waals surface area (Å²) in [6.07, 6.45) is 5.41. The van der Waals surface area contributed by atoms with Crippen LogP contribution in [0.3, 0.4) is 0 Å². The molecule has 4 heteroatoms. The average Bonchev–Trinajstić information content (AvgIpc) is 2.55. The molecular formula is C19H28O4. The van der Waals surface area contributed by atoms with E-state index >= 15 is 0 Å². The molecule has 0 unspecified atom stereocenters. The lowest BCUT2D eigenvalue weighted by atomic mass is 10.1. The second-order valence-electron chi connectivity index (χ2n) is 5.67. The summed E-state index contributed by atoms with van der Waals surface area (Å²) >= 11 is 0. The Morgan fingerprint density at radius 2 is 1.57 bits per heavy atom. The molecule has 0 aliphatic rings. The van der Waals surface area contributed by atoms with Crippen LogP contribution in [0.2, 0.25) is 0 Å². The van der Waals surface area contributed by atoms with E-state index in [1.165, 1.54) is 0 Å². The first-order chi connectivity index (χ1) is 11.1. The van der Waals surface area contributed by atoms with Gasteiger partial charge < -0.3 is 9.47 Å². The first-order valence-electron chi connectivity index (χ1n) is 8.60. The molecule has 128 valence electrons. The van der Waals surface area contributed by atoms with Crippen molar-refractivity contribution in [2.75, 3.05) is 6.61 Å². The minimum Gasteiger partial charge on any atom is -0.462 e. The zero-order chi connectivity index (χ0) is 17.1. The fourth-order valence-electron chi connectivity index (χ4n) is 2.29. The van der Waals surface area contributed by atoms with Crippen LogP contribution < -0.4 is 0 Å². The van der Waals surface area contributed by atoms with Gasteiger partial charge in [0, 0.05) is 0 Å². The van der Waals surface area contributed by atoms with Crippen molar-refractivity contribution in [2.45, 2.75) is 65.4 Å². The zero-order valence-corrected chi connectivity index (χ0v) is 14.5. The standard InChI is InChI=1S/C19H28O4/c1-4-7-13-22-18(20)15-11-8-12-16(14-15)19(21)23-17(9-5-2)10-6-3/h8,11-12,14,17H,4-7,9-10,13H2,1-3H3. The molecule has 23 heavy (non-hydrogen) atoms. The number of hydrogen-bond acceptors (Lipinski definition) is 4. The van der Waals surface area contributed by atoms with E-state index in [-0.39, 0.29) is 12.1 Å². The van der Waals surface area contributed by atoms with E-state index in [0.29, 0.717) is 17.7 Å². The molecule has 0 amide bonds. The van der Waals surface area contributed by atoms with Crippen molar-refractivity contribution in [2.24, 2.45) is 0 Å². The molecule has 0 aromatic heterocycles. The highest BCUT2D eigenvalue weighted by Crippen LogP contribution is 2.14. The second kappa shape index (κ2) is 10.8. The van der Waals surface area contributed by atoms with E-state index in [0.717, 1.165) is 38.5 Å². The third-order valence-corrected chi connectivity index (χ3v) is 3.56. The van der Waals surface area contributed by atoms with Crippen molar-refractivity contribution in [1.82, 2.24) is 0 Å². The Morgan fingerprint density at radius 1 is 0.957 bits per heavy atom. The number of carbonyl (C=O) groups excluding carboxylic acids is 2. The molecule has 0 aliphatic heterocycles. The van der Waals surface area contributed by atoms with Crippen LogP contribution in [0, 0.1) is 0 Å². The van der Waals surface area contributed by atoms with Crippen molar-refractivity contribution >= 4 is 11.9 Å². The van der Waals surface area contributed by atoms with Gasteiger partial charge in [0.05, 0.1) is 17.7 Å². The lowest BCUT2D eigenvalue weighted by molar-refractivity contribution is 0.0258. The van der Waals surface area contributed by atoms with Gasteiger partial charge in [0.15, 0.2) is 0 Å². The lowest BCUT2D eigenvalue weighted by Gasteiger charge is -2.16. The highest BCUT2D eigenvalue weighted by atomic mass is 16.5. The molecule has 0 heterocycles. The molecule has 0 aliphatic carbocycles. The van der Waals surface area contributed by atoms with E-state index in [1.807, 2.05) is 6.92 Å². The summed E-state index contributed by atoms with van der Waals surface area (Å²) in [5, 5.41) is 0. The normalized spacial score (nSPS) is 10.6. The third kappa shape index (κ3) is 6.85. The van der Waals surface area contributed by atoms with Crippen LogP contribution in [0.5, 0.6) is 0 Å². The fraction of sp³-hybridized carbons (Fsp3) is 0.579. The zero-order valence-electron chi connectivity index (χ0n) is 14.5. The molecule has 0 radical (unpaired) electrons. The Bertz CT molecular complexity index is 490. The first kappa shape index (κ1) is 19.2. The molecular weight excluding hydrogens is 292 g/mol. The molecule has 0 spiro atoms. The summed E-state index contributed by atoms with van der Waals surface area (Å²) in [5.74, 6) is -0.771. The van der Waals surface area contributed by atoms with Gasteiger partial charge in [0.25, 0.3) is 0 Å². The van der Waals surface area contributed by atoms with Crippen LogP contribution in [0.25, 0.3) is 0 Å². The predicted octanol–water partition coefficient (Wildman–Crippen LogP) is 4.77. The van der Waals surface area contributed by atoms with E-state index in [1.54, 1.807) is 24.3 Å². The van der Waals surface area contributed by atoms with Gasteiger partial charge in [-0.1, -0.05) is 46.1 Å². The quantitative estimate of drug-likeness (QED) is 0.460. The number of ether oxygens (including phenoxy) is 2. The maximum absolute atomic E-state index is 12.3. The number of esters is 2. The smallest absolute Gasteiger partial charge is 0.338 e. The Hall–Kier alpha value is -1.84. The van der Waals surface area contributed by atoms with Gasteiger partial charge in [-0.25, -0.2) is 9.59 Å². The van der Waals surface area contributed by atoms with Gasteiger partial charge in [0.2, 0.25) is 0 Å². The van der Waals surface area contributed by atoms with Crippen molar-refractivity contribution in [3.8, 4) is 0 Å². The molecule has 0 N–H and O–H groups in total. The van der Waals surface area contributed by atoms with Crippen LogP contribution in [-0.2, 0) is 9.47 Å². The monoisotopic (exact) mass is 320 g/mol. The molecule has 1 aromatic rings. The summed E-state index contributed by atoms with van der Waals surface area (Å²) in [5.41, 5.74) is 0.783. The molecule has 1 rings (SSSR count). The molecule has 0 bridgehead atoms. The maximum Gasteiger partial charge on any atom is 0.338 e. The van der Waals surface area contributed by atoms with Gasteiger partial charge in [-0.15, -0.1) is 0 Å². The minimum atomic E-state index is -0.397. The highest BCUT2D eigenvalue weighted by molar-refractivity contribution is 5.95. The summed E-state index contributed by atoms with van der Waals surface area (Å²) < 4.78 is 10.7. The van der Waals surface area contributed by atoms with Crippen LogP contribution in [-0.4, -0.2) is 24.6 Å². The van der Waals surface area contributed by atoms with E-state index in [2.05, 4.69) is 13.8 Å². The second-order valence-corrected chi connectivity index (χ2v) is 5.67. The van der Waals surface area contributed by atoms with Crippen LogP contribution in [0.15, 0.2) is 24.3 Å². The minimum absolute atomic E-state index is 0.0577. The average molecular weight is 320 g/mol. The highest BCUT2D eigenvalue weighted by Gasteiger charge is 2.16. The van der Waals surface area contributed by atoms with Gasteiger partial charge in [0.1, 0.15) is 6.10 Å². The Labute approximate surface area is 139 Å². The number of benzene rings is 1. The molecule has 0 fully saturated rings. The molecule has 0 atom stereocenters. The van der Waals surface area contributed by atoms with Gasteiger partial charge >= 0.3 is 11.9 Å². The number of rotatable bonds is 10. The van der Waals surface area contributed by atoms with E-state index in [9.17, 15) is 9.59 Å². The Morgan fingerprint density at radius 3 is 2.13 bits per heavy atom. The predicted molar refractivity (Wildman–Crippen MR) is 90.7 cm³/mol. The van der Waals surface area contributed by atoms with E-state index < -0.39 is 5.97 Å². The summed E-state index contributed by atoms with van der Waals surface area (Å²) in [4.78, 5) is 24.2. The largest absolute Gasteiger partial charge is 0.462 e. The molecule has 4 nitrogen and oxygen atoms in total. The van der Waals surface area contributed by atoms with E-state index in [4.69, 9.17) is 9.47 Å². The van der Waals surface area contributed by atoms with Gasteiger partial charge in [-0.3, -0.25) is 0 Å². The lowest BCUT2D eigenvalue weighted by Crippen LogP contribution is -2.18. The van der Waals surface area contributed by atoms with Crippen LogP contribution >= 0.6 is 0 Å². The van der Waals surface area contributed by atoms with Gasteiger partial charge in [-0.05, 0) is 37.5 Å². The number of unbranched alkanes of at least 4 members (excludes halogenated alkanes) is 1. The summed E-state index contributed by atoms with van der Waals surface area (Å²) in [6.45, 7) is 6.58. The Kier molecular flexibility index (Phi) is 9.03. The number of hydrogen-bond donors (Lipinski definition) is 0. The fourth-order valence-corrected chi connectivity index (χ4v) is 2.29. The Balaban J connectivity index is 2.70. The third-order valence-electron chi connectivity index (χ3n) is 3.56. The van der Waals surface area contributed by atoms with Crippen molar-refractivity contribution in [1.29, 1.82) is 0 Å².